The predicted octanol–water partition coefficient (Wildman–Crippen LogP) is 3.22. The molecule has 0 spiro atoms. The van der Waals surface area contributed by atoms with E-state index < -0.39 is 0 Å². The zero-order valence-corrected chi connectivity index (χ0v) is 11.3. The summed E-state index contributed by atoms with van der Waals surface area (Å²) in [5, 5.41) is 12.3. The molecule has 1 aromatic rings. The molecule has 1 aliphatic heterocycles. The van der Waals surface area contributed by atoms with Gasteiger partial charge in [0.2, 0.25) is 0 Å². The number of rotatable bonds is 6. The molecule has 4 nitrogen and oxygen atoms in total. The minimum atomic E-state index is 0.337. The van der Waals surface area contributed by atoms with Crippen molar-refractivity contribution in [3.63, 3.8) is 0 Å². The topological polar surface area (TPSA) is 51.1 Å². The highest BCUT2D eigenvalue weighted by Gasteiger charge is 2.16. The van der Waals surface area contributed by atoms with Gasteiger partial charge in [0.25, 0.3) is 0 Å². The zero-order chi connectivity index (χ0) is 13.5. The molecule has 1 aliphatic rings. The fourth-order valence-electron chi connectivity index (χ4n) is 2.32. The zero-order valence-electron chi connectivity index (χ0n) is 11.3. The summed E-state index contributed by atoms with van der Waals surface area (Å²) < 4.78 is 11.4. The minimum Gasteiger partial charge on any atom is -0.493 e. The summed E-state index contributed by atoms with van der Waals surface area (Å²) in [6.45, 7) is 3.46. The fourth-order valence-corrected chi connectivity index (χ4v) is 2.32. The maximum absolute atomic E-state index is 9.01. The first-order valence-corrected chi connectivity index (χ1v) is 6.90. The Morgan fingerprint density at radius 2 is 2.32 bits per heavy atom. The molecular formula is C15H21NO3. The van der Waals surface area contributed by atoms with Crippen LogP contribution in [0.2, 0.25) is 0 Å². The van der Waals surface area contributed by atoms with Gasteiger partial charge in [-0.05, 0) is 31.4 Å². The van der Waals surface area contributed by atoms with Gasteiger partial charge in [-0.2, -0.15) is 0 Å². The average molecular weight is 263 g/mol. The Balaban J connectivity index is 1.95. The molecule has 1 fully saturated rings. The number of oxime groups is 1. The molecule has 0 amide bonds. The van der Waals surface area contributed by atoms with Gasteiger partial charge in [-0.3, -0.25) is 0 Å². The molecule has 0 aliphatic carbocycles. The second-order valence-corrected chi connectivity index (χ2v) is 4.67. The van der Waals surface area contributed by atoms with E-state index in [1.807, 2.05) is 31.2 Å². The minimum absolute atomic E-state index is 0.337. The smallest absolute Gasteiger partial charge is 0.128 e. The number of benzene rings is 1. The van der Waals surface area contributed by atoms with Crippen LogP contribution in [0.25, 0.3) is 0 Å². The number of hydrogen-bond acceptors (Lipinski definition) is 4. The van der Waals surface area contributed by atoms with Crippen molar-refractivity contribution >= 4 is 5.71 Å². The first-order valence-electron chi connectivity index (χ1n) is 6.90. The molecule has 1 aromatic carbocycles. The molecule has 1 N–H and O–H groups in total. The highest BCUT2D eigenvalue weighted by molar-refractivity contribution is 6.02. The summed E-state index contributed by atoms with van der Waals surface area (Å²) in [5.41, 5.74) is 1.51. The molecule has 1 unspecified atom stereocenters. The Kier molecular flexibility index (Phi) is 5.21. The largest absolute Gasteiger partial charge is 0.493 e. The average Bonchev–Trinajstić information content (AvgIpc) is 2.95. The van der Waals surface area contributed by atoms with E-state index in [2.05, 4.69) is 5.16 Å². The number of ether oxygens (including phenoxy) is 2. The van der Waals surface area contributed by atoms with Gasteiger partial charge in [0, 0.05) is 18.6 Å². The van der Waals surface area contributed by atoms with E-state index in [0.717, 1.165) is 37.2 Å². The summed E-state index contributed by atoms with van der Waals surface area (Å²) in [5.74, 6) is 0.773. The molecule has 0 bridgehead atoms. The molecule has 0 radical (unpaired) electrons. The van der Waals surface area contributed by atoms with Crippen LogP contribution in [0.15, 0.2) is 29.4 Å². The van der Waals surface area contributed by atoms with E-state index in [-0.39, 0.29) is 0 Å². The first-order chi connectivity index (χ1) is 9.35. The lowest BCUT2D eigenvalue weighted by molar-refractivity contribution is 0.0903. The Morgan fingerprint density at radius 1 is 1.47 bits per heavy atom. The summed E-state index contributed by atoms with van der Waals surface area (Å²) in [6, 6.07) is 7.67. The van der Waals surface area contributed by atoms with Crippen LogP contribution in [0.5, 0.6) is 5.75 Å². The van der Waals surface area contributed by atoms with Crippen LogP contribution in [0, 0.1) is 0 Å². The summed E-state index contributed by atoms with van der Waals surface area (Å²) >= 11 is 0. The second kappa shape index (κ2) is 7.14. The molecule has 2 rings (SSSR count). The monoisotopic (exact) mass is 263 g/mol. The van der Waals surface area contributed by atoms with E-state index in [1.165, 1.54) is 0 Å². The third kappa shape index (κ3) is 3.70. The molecular weight excluding hydrogens is 242 g/mol. The van der Waals surface area contributed by atoms with Crippen molar-refractivity contribution < 1.29 is 14.7 Å². The van der Waals surface area contributed by atoms with Crippen molar-refractivity contribution in [1.29, 1.82) is 0 Å². The van der Waals surface area contributed by atoms with Gasteiger partial charge in [-0.25, -0.2) is 0 Å². The van der Waals surface area contributed by atoms with Crippen LogP contribution in [-0.4, -0.2) is 30.2 Å². The van der Waals surface area contributed by atoms with Crippen molar-refractivity contribution in [1.82, 2.24) is 0 Å². The molecule has 1 heterocycles. The lowest BCUT2D eigenvalue weighted by Gasteiger charge is -2.13. The maximum Gasteiger partial charge on any atom is 0.128 e. The maximum atomic E-state index is 9.01. The van der Waals surface area contributed by atoms with Gasteiger partial charge < -0.3 is 14.7 Å². The first kappa shape index (κ1) is 13.9. The van der Waals surface area contributed by atoms with Crippen molar-refractivity contribution in [2.75, 3.05) is 13.2 Å². The van der Waals surface area contributed by atoms with Crippen LogP contribution < -0.4 is 4.74 Å². The molecule has 1 saturated heterocycles. The number of hydrogen-bond donors (Lipinski definition) is 1. The van der Waals surface area contributed by atoms with E-state index >= 15 is 0 Å². The van der Waals surface area contributed by atoms with Crippen molar-refractivity contribution in [2.24, 2.45) is 5.16 Å². The van der Waals surface area contributed by atoms with Gasteiger partial charge in [0.1, 0.15) is 5.75 Å². The molecule has 104 valence electrons. The van der Waals surface area contributed by atoms with Crippen LogP contribution in [0.1, 0.15) is 38.2 Å². The van der Waals surface area contributed by atoms with E-state index in [4.69, 9.17) is 14.7 Å². The summed E-state index contributed by atoms with van der Waals surface area (Å²) in [4.78, 5) is 0. The summed E-state index contributed by atoms with van der Waals surface area (Å²) in [7, 11) is 0. The third-order valence-electron chi connectivity index (χ3n) is 3.37. The molecule has 19 heavy (non-hydrogen) atoms. The van der Waals surface area contributed by atoms with Gasteiger partial charge >= 0.3 is 0 Å². The van der Waals surface area contributed by atoms with Crippen LogP contribution in [0.3, 0.4) is 0 Å². The fraction of sp³-hybridized carbons (Fsp3) is 0.533. The lowest BCUT2D eigenvalue weighted by Crippen LogP contribution is -2.12. The number of para-hydroxylation sites is 1. The van der Waals surface area contributed by atoms with E-state index in [1.54, 1.807) is 0 Å². The highest BCUT2D eigenvalue weighted by Crippen LogP contribution is 2.21. The van der Waals surface area contributed by atoms with Crippen molar-refractivity contribution in [2.45, 2.75) is 38.7 Å². The van der Waals surface area contributed by atoms with Crippen LogP contribution in [0.4, 0.5) is 0 Å². The van der Waals surface area contributed by atoms with Crippen LogP contribution in [-0.2, 0) is 4.74 Å². The quantitative estimate of drug-likeness (QED) is 0.487. The van der Waals surface area contributed by atoms with Crippen molar-refractivity contribution in [3.05, 3.63) is 29.8 Å². The molecule has 0 aromatic heterocycles. The normalized spacial score (nSPS) is 19.6. The SMILES string of the molecule is CCC(=NO)c1ccccc1OCCC1CCCO1. The highest BCUT2D eigenvalue weighted by atomic mass is 16.5. The van der Waals surface area contributed by atoms with Gasteiger partial charge in [-0.15, -0.1) is 0 Å². The molecule has 4 heteroatoms. The number of nitrogens with zero attached hydrogens (tertiary/aromatic N) is 1. The van der Waals surface area contributed by atoms with Gasteiger partial charge in [0.05, 0.1) is 18.4 Å². The Hall–Kier alpha value is -1.55. The van der Waals surface area contributed by atoms with Gasteiger partial charge in [0.15, 0.2) is 0 Å². The van der Waals surface area contributed by atoms with Crippen LogP contribution >= 0.6 is 0 Å². The second-order valence-electron chi connectivity index (χ2n) is 4.67. The molecule has 0 saturated carbocycles. The van der Waals surface area contributed by atoms with E-state index in [0.29, 0.717) is 24.8 Å². The predicted molar refractivity (Wildman–Crippen MR) is 74.1 cm³/mol. The Bertz CT molecular complexity index is 425. The van der Waals surface area contributed by atoms with Crippen molar-refractivity contribution in [3.8, 4) is 5.75 Å². The van der Waals surface area contributed by atoms with E-state index in [9.17, 15) is 0 Å². The summed E-state index contributed by atoms with van der Waals surface area (Å²) in [6.07, 6.45) is 4.19. The molecule has 1 atom stereocenters. The Labute approximate surface area is 114 Å². The van der Waals surface area contributed by atoms with Gasteiger partial charge in [-0.1, -0.05) is 24.2 Å². The Morgan fingerprint density at radius 3 is 3.00 bits per heavy atom. The standard InChI is InChI=1S/C15H21NO3/c1-2-14(16-17)13-7-3-4-8-15(13)19-11-9-12-6-5-10-18-12/h3-4,7-8,12,17H,2,5-6,9-11H2,1H3. The third-order valence-corrected chi connectivity index (χ3v) is 3.37. The lowest BCUT2D eigenvalue weighted by atomic mass is 10.1.